The van der Waals surface area contributed by atoms with Crippen molar-refractivity contribution in [2.45, 2.75) is 31.7 Å². The largest absolute Gasteiger partial charge is 0.314 e. The Bertz CT molecular complexity index is 166. The van der Waals surface area contributed by atoms with E-state index in [1.54, 1.807) is 0 Å². The summed E-state index contributed by atoms with van der Waals surface area (Å²) in [5.41, 5.74) is 0. The van der Waals surface area contributed by atoms with Crippen molar-refractivity contribution in [3.8, 4) is 0 Å². The predicted molar refractivity (Wildman–Crippen MR) is 66.5 cm³/mol. The molecule has 84 valence electrons. The highest BCUT2D eigenvalue weighted by atomic mass is 32.2. The van der Waals surface area contributed by atoms with Crippen molar-refractivity contribution in [3.05, 3.63) is 0 Å². The van der Waals surface area contributed by atoms with Gasteiger partial charge in [0.25, 0.3) is 0 Å². The number of hydrogen-bond acceptors (Lipinski definition) is 3. The molecule has 0 atom stereocenters. The van der Waals surface area contributed by atoms with Crippen LogP contribution in [0.25, 0.3) is 0 Å². The average molecular weight is 235 g/mol. The van der Waals surface area contributed by atoms with Crippen LogP contribution in [0.4, 0.5) is 0 Å². The lowest BCUT2D eigenvalue weighted by Crippen LogP contribution is -2.36. The van der Waals surface area contributed by atoms with Crippen LogP contribution in [0.1, 0.15) is 25.7 Å². The highest BCUT2D eigenvalue weighted by Crippen LogP contribution is 2.09. The van der Waals surface area contributed by atoms with Gasteiger partial charge in [-0.15, -0.1) is 0 Å². The van der Waals surface area contributed by atoms with Crippen LogP contribution < -0.4 is 5.32 Å². The van der Waals surface area contributed by atoms with Gasteiger partial charge in [0, 0.05) is 28.3 Å². The molecule has 1 fully saturated rings. The molecule has 4 heteroatoms. The van der Waals surface area contributed by atoms with Crippen LogP contribution in [0.5, 0.6) is 0 Å². The lowest BCUT2D eigenvalue weighted by molar-refractivity contribution is 0.470. The van der Waals surface area contributed by atoms with Crippen LogP contribution in [0.3, 0.4) is 0 Å². The average Bonchev–Trinajstić information content (AvgIpc) is 2.21. The van der Waals surface area contributed by atoms with Gasteiger partial charge in [-0.25, -0.2) is 0 Å². The second-order valence-corrected chi connectivity index (χ2v) is 6.46. The maximum absolute atomic E-state index is 11.1. The molecule has 0 spiro atoms. The zero-order chi connectivity index (χ0) is 10.2. The second-order valence-electron chi connectivity index (χ2n) is 3.78. The smallest absolute Gasteiger partial charge is 0.0249 e. The van der Waals surface area contributed by atoms with E-state index >= 15 is 0 Å². The Morgan fingerprint density at radius 3 is 2.71 bits per heavy atom. The molecule has 0 aromatic carbocycles. The van der Waals surface area contributed by atoms with Gasteiger partial charge in [-0.05, 0) is 44.2 Å². The fourth-order valence-corrected chi connectivity index (χ4v) is 3.47. The van der Waals surface area contributed by atoms with Crippen LogP contribution in [0.2, 0.25) is 0 Å². The summed E-state index contributed by atoms with van der Waals surface area (Å²) in [6.45, 7) is 1.14. The summed E-state index contributed by atoms with van der Waals surface area (Å²) in [6.07, 6.45) is 6.96. The number of rotatable bonds is 6. The van der Waals surface area contributed by atoms with Gasteiger partial charge in [0.1, 0.15) is 0 Å². The zero-order valence-corrected chi connectivity index (χ0v) is 10.6. The third-order valence-corrected chi connectivity index (χ3v) is 4.68. The number of thioether (sulfide) groups is 1. The first-order chi connectivity index (χ1) is 6.83. The molecular weight excluding hydrogens is 214 g/mol. The third-order valence-electron chi connectivity index (χ3n) is 2.60. The minimum absolute atomic E-state index is 0.515. The lowest BCUT2D eigenvalue weighted by atomic mass is 10.1. The Kier molecular flexibility index (Phi) is 6.90. The predicted octanol–water partition coefficient (Wildman–Crippen LogP) is 1.63. The van der Waals surface area contributed by atoms with Gasteiger partial charge in [0.2, 0.25) is 0 Å². The van der Waals surface area contributed by atoms with Crippen molar-refractivity contribution in [2.24, 2.45) is 0 Å². The Morgan fingerprint density at radius 1 is 1.36 bits per heavy atom. The summed E-state index contributed by atoms with van der Waals surface area (Å²) in [6, 6.07) is 0.641. The SMILES string of the molecule is CSCCCCNC1CCS(=O)CC1. The highest BCUT2D eigenvalue weighted by Gasteiger charge is 2.16. The normalized spacial score (nSPS) is 27.8. The molecule has 0 radical (unpaired) electrons. The van der Waals surface area contributed by atoms with Gasteiger partial charge in [-0.3, -0.25) is 4.21 Å². The molecule has 1 heterocycles. The molecule has 1 N–H and O–H groups in total. The van der Waals surface area contributed by atoms with Crippen LogP contribution in [-0.2, 0) is 10.8 Å². The fraction of sp³-hybridized carbons (Fsp3) is 1.00. The Labute approximate surface area is 94.1 Å². The number of hydrogen-bond donors (Lipinski definition) is 1. The third kappa shape index (κ3) is 5.37. The first-order valence-electron chi connectivity index (χ1n) is 5.40. The topological polar surface area (TPSA) is 29.1 Å². The van der Waals surface area contributed by atoms with Crippen LogP contribution in [0, 0.1) is 0 Å². The lowest BCUT2D eigenvalue weighted by Gasteiger charge is -2.22. The van der Waals surface area contributed by atoms with Gasteiger partial charge in [0.05, 0.1) is 0 Å². The Hall–Kier alpha value is 0.460. The zero-order valence-electron chi connectivity index (χ0n) is 8.96. The summed E-state index contributed by atoms with van der Waals surface area (Å²) in [5, 5.41) is 3.56. The molecule has 14 heavy (non-hydrogen) atoms. The van der Waals surface area contributed by atoms with Crippen molar-refractivity contribution in [1.82, 2.24) is 5.32 Å². The second kappa shape index (κ2) is 7.71. The van der Waals surface area contributed by atoms with E-state index in [2.05, 4.69) is 11.6 Å². The molecule has 0 unspecified atom stereocenters. The summed E-state index contributed by atoms with van der Waals surface area (Å²) >= 11 is 1.92. The summed E-state index contributed by atoms with van der Waals surface area (Å²) in [4.78, 5) is 0. The van der Waals surface area contributed by atoms with E-state index in [1.165, 1.54) is 18.6 Å². The van der Waals surface area contributed by atoms with Gasteiger partial charge in [0.15, 0.2) is 0 Å². The monoisotopic (exact) mass is 235 g/mol. The summed E-state index contributed by atoms with van der Waals surface area (Å²) < 4.78 is 11.1. The molecule has 0 aliphatic carbocycles. The minimum atomic E-state index is -0.515. The van der Waals surface area contributed by atoms with Crippen LogP contribution in [-0.4, -0.2) is 40.3 Å². The summed E-state index contributed by atoms with van der Waals surface area (Å²) in [5.74, 6) is 3.08. The molecule has 0 saturated carbocycles. The van der Waals surface area contributed by atoms with E-state index in [4.69, 9.17) is 0 Å². The molecule has 0 aromatic heterocycles. The Balaban J connectivity index is 1.94. The molecule has 0 aromatic rings. The van der Waals surface area contributed by atoms with E-state index in [-0.39, 0.29) is 0 Å². The van der Waals surface area contributed by atoms with E-state index in [0.717, 1.165) is 30.9 Å². The molecule has 1 saturated heterocycles. The van der Waals surface area contributed by atoms with Gasteiger partial charge in [-0.1, -0.05) is 0 Å². The molecule has 1 rings (SSSR count). The molecule has 1 aliphatic rings. The standard InChI is InChI=1S/C10H21NOS2/c1-13-7-3-2-6-11-10-4-8-14(12)9-5-10/h10-11H,2-9H2,1H3. The molecular formula is C10H21NOS2. The number of nitrogens with one attached hydrogen (secondary N) is 1. The van der Waals surface area contributed by atoms with E-state index in [9.17, 15) is 4.21 Å². The minimum Gasteiger partial charge on any atom is -0.314 e. The van der Waals surface area contributed by atoms with E-state index in [0.29, 0.717) is 6.04 Å². The first kappa shape index (κ1) is 12.5. The maximum Gasteiger partial charge on any atom is 0.0249 e. The van der Waals surface area contributed by atoms with Crippen molar-refractivity contribution >= 4 is 22.6 Å². The first-order valence-corrected chi connectivity index (χ1v) is 8.28. The summed E-state index contributed by atoms with van der Waals surface area (Å²) in [7, 11) is -0.515. The molecule has 0 bridgehead atoms. The van der Waals surface area contributed by atoms with Crippen molar-refractivity contribution in [3.63, 3.8) is 0 Å². The Morgan fingerprint density at radius 2 is 2.07 bits per heavy atom. The van der Waals surface area contributed by atoms with Crippen molar-refractivity contribution in [1.29, 1.82) is 0 Å². The van der Waals surface area contributed by atoms with Gasteiger partial charge in [-0.2, -0.15) is 11.8 Å². The van der Waals surface area contributed by atoms with E-state index < -0.39 is 10.8 Å². The van der Waals surface area contributed by atoms with Gasteiger partial charge < -0.3 is 5.32 Å². The van der Waals surface area contributed by atoms with E-state index in [1.807, 2.05) is 11.8 Å². The van der Waals surface area contributed by atoms with Gasteiger partial charge >= 0.3 is 0 Å². The fourth-order valence-electron chi connectivity index (χ4n) is 1.68. The van der Waals surface area contributed by atoms with Crippen molar-refractivity contribution in [2.75, 3.05) is 30.1 Å². The van der Waals surface area contributed by atoms with Crippen LogP contribution in [0.15, 0.2) is 0 Å². The highest BCUT2D eigenvalue weighted by molar-refractivity contribution is 7.98. The molecule has 1 aliphatic heterocycles. The van der Waals surface area contributed by atoms with Crippen molar-refractivity contribution < 1.29 is 4.21 Å². The quantitative estimate of drug-likeness (QED) is 0.710. The molecule has 2 nitrogen and oxygen atoms in total. The van der Waals surface area contributed by atoms with Crippen LogP contribution >= 0.6 is 11.8 Å². The molecule has 0 amide bonds. The number of unbranched alkanes of at least 4 members (excludes halogenated alkanes) is 1. The maximum atomic E-state index is 11.1.